The Bertz CT molecular complexity index is 784. The Morgan fingerprint density at radius 3 is 2.45 bits per heavy atom. The van der Waals surface area contributed by atoms with E-state index in [1.165, 1.54) is 0 Å². The normalized spacial score (nSPS) is 13.0. The molecule has 4 nitrogen and oxygen atoms in total. The highest BCUT2D eigenvalue weighted by Crippen LogP contribution is 2.44. The van der Waals surface area contributed by atoms with Gasteiger partial charge in [0.15, 0.2) is 5.75 Å². The van der Waals surface area contributed by atoms with E-state index in [9.17, 15) is 9.59 Å². The number of halogens is 1. The van der Waals surface area contributed by atoms with E-state index in [4.69, 9.17) is 16.3 Å². The number of nitrogens with one attached hydrogen (secondary N) is 1. The second kappa shape index (κ2) is 5.46. The average molecular weight is 316 g/mol. The third-order valence-corrected chi connectivity index (χ3v) is 4.30. The fraction of sp³-hybridized carbons (Fsp3) is 0.176. The van der Waals surface area contributed by atoms with Crippen LogP contribution in [-0.2, 0) is 11.4 Å². The van der Waals surface area contributed by atoms with Gasteiger partial charge in [-0.05, 0) is 30.5 Å². The summed E-state index contributed by atoms with van der Waals surface area (Å²) in [5, 5.41) is 2.98. The number of carbonyl (C=O) groups is 2. The van der Waals surface area contributed by atoms with Crippen LogP contribution in [0.3, 0.4) is 0 Å². The molecule has 22 heavy (non-hydrogen) atoms. The number of Topliss-reactive ketones (excluding diaryl/α,β-unsaturated/α-hetero) is 1. The number of ketones is 1. The van der Waals surface area contributed by atoms with E-state index in [0.29, 0.717) is 34.2 Å². The Labute approximate surface area is 133 Å². The van der Waals surface area contributed by atoms with Crippen molar-refractivity contribution in [2.24, 2.45) is 0 Å². The van der Waals surface area contributed by atoms with Crippen LogP contribution in [0.4, 0.5) is 5.69 Å². The summed E-state index contributed by atoms with van der Waals surface area (Å²) in [5.74, 6) is -0.844. The van der Waals surface area contributed by atoms with Gasteiger partial charge in [0.25, 0.3) is 11.7 Å². The molecule has 0 aliphatic carbocycles. The van der Waals surface area contributed by atoms with Gasteiger partial charge in [-0.25, -0.2) is 0 Å². The van der Waals surface area contributed by atoms with E-state index in [0.717, 1.165) is 11.1 Å². The number of hydrogen-bond acceptors (Lipinski definition) is 3. The smallest absolute Gasteiger partial charge is 0.296 e. The van der Waals surface area contributed by atoms with Crippen LogP contribution >= 0.6 is 11.6 Å². The molecule has 1 aliphatic rings. The monoisotopic (exact) mass is 315 g/mol. The zero-order chi connectivity index (χ0) is 15.9. The molecule has 0 radical (unpaired) electrons. The molecule has 0 atom stereocenters. The first kappa shape index (κ1) is 14.6. The first-order valence-corrected chi connectivity index (χ1v) is 7.23. The molecule has 0 aromatic heterocycles. The summed E-state index contributed by atoms with van der Waals surface area (Å²) in [4.78, 5) is 23.7. The van der Waals surface area contributed by atoms with Crippen molar-refractivity contribution in [1.29, 1.82) is 0 Å². The van der Waals surface area contributed by atoms with Crippen LogP contribution in [0.25, 0.3) is 0 Å². The number of fused-ring (bicyclic) bond motifs is 1. The molecule has 2 aromatic carbocycles. The minimum Gasteiger partial charge on any atom is -0.485 e. The van der Waals surface area contributed by atoms with Gasteiger partial charge in [-0.1, -0.05) is 41.9 Å². The Balaban J connectivity index is 2.03. The van der Waals surface area contributed by atoms with Gasteiger partial charge in [-0.3, -0.25) is 9.59 Å². The molecule has 0 bridgehead atoms. The molecule has 1 amide bonds. The predicted molar refractivity (Wildman–Crippen MR) is 84.7 cm³/mol. The van der Waals surface area contributed by atoms with Gasteiger partial charge < -0.3 is 10.1 Å². The van der Waals surface area contributed by atoms with E-state index in [1.807, 2.05) is 37.3 Å². The highest BCUT2D eigenvalue weighted by atomic mass is 35.5. The molecular weight excluding hydrogens is 302 g/mol. The van der Waals surface area contributed by atoms with Crippen LogP contribution in [0.1, 0.15) is 27.0 Å². The molecule has 1 N–H and O–H groups in total. The Kier molecular flexibility index (Phi) is 3.62. The molecule has 0 fully saturated rings. The fourth-order valence-electron chi connectivity index (χ4n) is 2.49. The third kappa shape index (κ3) is 2.25. The molecular formula is C17H14ClNO3. The second-order valence-electron chi connectivity index (χ2n) is 5.20. The third-order valence-electron chi connectivity index (χ3n) is 3.84. The predicted octanol–water partition coefficient (Wildman–Crippen LogP) is 3.67. The van der Waals surface area contributed by atoms with Crippen molar-refractivity contribution in [2.75, 3.05) is 5.32 Å². The quantitative estimate of drug-likeness (QED) is 0.879. The van der Waals surface area contributed by atoms with E-state index in [-0.39, 0.29) is 0 Å². The zero-order valence-corrected chi connectivity index (χ0v) is 13.0. The molecule has 5 heteroatoms. The second-order valence-corrected chi connectivity index (χ2v) is 5.58. The number of anilines is 1. The summed E-state index contributed by atoms with van der Waals surface area (Å²) in [7, 11) is 0. The summed E-state index contributed by atoms with van der Waals surface area (Å²) in [5.41, 5.74) is 3.15. The number of rotatable bonds is 3. The minimum atomic E-state index is -0.649. The van der Waals surface area contributed by atoms with Crippen LogP contribution in [0.2, 0.25) is 5.02 Å². The lowest BCUT2D eigenvalue weighted by atomic mass is 9.99. The van der Waals surface area contributed by atoms with E-state index < -0.39 is 11.7 Å². The first-order chi connectivity index (χ1) is 10.5. The molecule has 3 rings (SSSR count). The molecule has 0 spiro atoms. The van der Waals surface area contributed by atoms with Crippen molar-refractivity contribution >= 4 is 29.0 Å². The lowest BCUT2D eigenvalue weighted by Crippen LogP contribution is -2.13. The summed E-state index contributed by atoms with van der Waals surface area (Å²) >= 11 is 6.36. The van der Waals surface area contributed by atoms with Crippen LogP contribution < -0.4 is 10.1 Å². The number of hydrogen-bond donors (Lipinski definition) is 1. The fourth-order valence-corrected chi connectivity index (χ4v) is 2.78. The number of amides is 1. The SMILES string of the molecule is Cc1c(C)c2c(c(OCc3ccccc3)c1Cl)NC(=O)C2=O. The summed E-state index contributed by atoms with van der Waals surface area (Å²) in [6.07, 6.45) is 0. The minimum absolute atomic E-state index is 0.305. The van der Waals surface area contributed by atoms with Gasteiger partial charge >= 0.3 is 0 Å². The van der Waals surface area contributed by atoms with Crippen molar-refractivity contribution in [1.82, 2.24) is 0 Å². The zero-order valence-electron chi connectivity index (χ0n) is 12.2. The average Bonchev–Trinajstić information content (AvgIpc) is 2.81. The van der Waals surface area contributed by atoms with Crippen molar-refractivity contribution in [2.45, 2.75) is 20.5 Å². The first-order valence-electron chi connectivity index (χ1n) is 6.85. The molecule has 1 heterocycles. The molecule has 0 unspecified atom stereocenters. The molecule has 0 saturated carbocycles. The largest absolute Gasteiger partial charge is 0.485 e. The summed E-state index contributed by atoms with van der Waals surface area (Å²) in [6, 6.07) is 9.60. The highest BCUT2D eigenvalue weighted by Gasteiger charge is 2.35. The van der Waals surface area contributed by atoms with Crippen LogP contribution in [0, 0.1) is 13.8 Å². The van der Waals surface area contributed by atoms with E-state index >= 15 is 0 Å². The van der Waals surface area contributed by atoms with Gasteiger partial charge in [0.05, 0.1) is 16.3 Å². The Morgan fingerprint density at radius 2 is 1.77 bits per heavy atom. The lowest BCUT2D eigenvalue weighted by molar-refractivity contribution is -0.112. The van der Waals surface area contributed by atoms with Crippen molar-refractivity contribution in [3.8, 4) is 5.75 Å². The maximum absolute atomic E-state index is 12.0. The topological polar surface area (TPSA) is 55.4 Å². The van der Waals surface area contributed by atoms with Gasteiger partial charge in [-0.15, -0.1) is 0 Å². The maximum Gasteiger partial charge on any atom is 0.296 e. The molecule has 2 aromatic rings. The maximum atomic E-state index is 12.0. The molecule has 1 aliphatic heterocycles. The summed E-state index contributed by atoms with van der Waals surface area (Å²) < 4.78 is 5.80. The van der Waals surface area contributed by atoms with Crippen LogP contribution in [0.5, 0.6) is 5.75 Å². The van der Waals surface area contributed by atoms with Gasteiger partial charge in [-0.2, -0.15) is 0 Å². The van der Waals surface area contributed by atoms with Crippen molar-refractivity contribution in [3.05, 3.63) is 57.6 Å². The standard InChI is InChI=1S/C17H14ClNO3/c1-9-10(2)13(18)16(14-12(9)15(20)17(21)19-14)22-8-11-6-4-3-5-7-11/h3-7H,8H2,1-2H3,(H,19,20,21). The summed E-state index contributed by atoms with van der Waals surface area (Å²) in [6.45, 7) is 3.89. The van der Waals surface area contributed by atoms with Crippen molar-refractivity contribution < 1.29 is 14.3 Å². The van der Waals surface area contributed by atoms with Gasteiger partial charge in [0, 0.05) is 0 Å². The van der Waals surface area contributed by atoms with Gasteiger partial charge in [0.2, 0.25) is 0 Å². The number of carbonyl (C=O) groups excluding carboxylic acids is 2. The van der Waals surface area contributed by atoms with E-state index in [2.05, 4.69) is 5.32 Å². The Morgan fingerprint density at radius 1 is 1.09 bits per heavy atom. The Hall–Kier alpha value is -2.33. The molecule has 112 valence electrons. The van der Waals surface area contributed by atoms with Crippen molar-refractivity contribution in [3.63, 3.8) is 0 Å². The number of ether oxygens (including phenoxy) is 1. The van der Waals surface area contributed by atoms with Gasteiger partial charge in [0.1, 0.15) is 6.61 Å². The highest BCUT2D eigenvalue weighted by molar-refractivity contribution is 6.53. The lowest BCUT2D eigenvalue weighted by Gasteiger charge is -2.16. The number of benzene rings is 2. The van der Waals surface area contributed by atoms with E-state index in [1.54, 1.807) is 6.92 Å². The van der Waals surface area contributed by atoms with Crippen LogP contribution in [-0.4, -0.2) is 11.7 Å². The van der Waals surface area contributed by atoms with Crippen LogP contribution in [0.15, 0.2) is 30.3 Å². The molecule has 0 saturated heterocycles.